The van der Waals surface area contributed by atoms with E-state index in [0.29, 0.717) is 12.3 Å². The third-order valence-electron chi connectivity index (χ3n) is 3.38. The first kappa shape index (κ1) is 14.6. The van der Waals surface area contributed by atoms with Crippen LogP contribution in [0.1, 0.15) is 32.3 Å². The number of amides is 1. The summed E-state index contributed by atoms with van der Waals surface area (Å²) >= 11 is 0. The Bertz CT molecular complexity index is 373. The van der Waals surface area contributed by atoms with Crippen molar-refractivity contribution in [3.05, 3.63) is 29.8 Å². The lowest BCUT2D eigenvalue weighted by Crippen LogP contribution is -2.21. The van der Waals surface area contributed by atoms with E-state index in [2.05, 4.69) is 24.5 Å². The van der Waals surface area contributed by atoms with Gasteiger partial charge >= 0.3 is 0 Å². The lowest BCUT2D eigenvalue weighted by atomic mass is 10.0. The molecule has 0 heterocycles. The average Bonchev–Trinajstić information content (AvgIpc) is 2.41. The molecule has 0 aromatic heterocycles. The van der Waals surface area contributed by atoms with Gasteiger partial charge in [-0.2, -0.15) is 0 Å². The number of likely N-dealkylation sites (N-methyl/N-ethyl adjacent to an activating group) is 1. The summed E-state index contributed by atoms with van der Waals surface area (Å²) in [6, 6.07) is 8.02. The van der Waals surface area contributed by atoms with E-state index < -0.39 is 0 Å². The minimum atomic E-state index is 0.0479. The topological polar surface area (TPSA) is 41.1 Å². The van der Waals surface area contributed by atoms with E-state index in [1.165, 1.54) is 12.8 Å². The molecule has 3 nitrogen and oxygen atoms in total. The number of hydrogen-bond acceptors (Lipinski definition) is 2. The van der Waals surface area contributed by atoms with Crippen LogP contribution in [0.5, 0.6) is 0 Å². The van der Waals surface area contributed by atoms with Crippen molar-refractivity contribution in [1.82, 2.24) is 5.32 Å². The van der Waals surface area contributed by atoms with E-state index >= 15 is 0 Å². The molecule has 0 aliphatic carbocycles. The second kappa shape index (κ2) is 7.75. The quantitative estimate of drug-likeness (QED) is 0.779. The molecule has 0 saturated heterocycles. The summed E-state index contributed by atoms with van der Waals surface area (Å²) in [6.45, 7) is 5.40. The molecular formula is C15H24N2O. The normalized spacial score (nSPS) is 10.4. The number of carbonyl (C=O) groups excluding carboxylic acids is 1. The predicted octanol–water partition coefficient (Wildman–Crippen LogP) is 2.82. The lowest BCUT2D eigenvalue weighted by molar-refractivity contribution is -0.119. The van der Waals surface area contributed by atoms with Crippen LogP contribution in [-0.2, 0) is 11.2 Å². The lowest BCUT2D eigenvalue weighted by Gasteiger charge is -2.16. The largest absolute Gasteiger partial charge is 0.385 e. The zero-order valence-corrected chi connectivity index (χ0v) is 11.6. The van der Waals surface area contributed by atoms with Crippen molar-refractivity contribution in [2.45, 2.75) is 33.1 Å². The van der Waals surface area contributed by atoms with Crippen molar-refractivity contribution >= 4 is 11.6 Å². The molecule has 0 aliphatic rings. The summed E-state index contributed by atoms with van der Waals surface area (Å²) in [6.07, 6.45) is 2.80. The fourth-order valence-corrected chi connectivity index (χ4v) is 1.94. The van der Waals surface area contributed by atoms with Gasteiger partial charge in [0.2, 0.25) is 5.91 Å². The molecule has 3 heteroatoms. The monoisotopic (exact) mass is 248 g/mol. The smallest absolute Gasteiger partial charge is 0.224 e. The summed E-state index contributed by atoms with van der Waals surface area (Å²) in [4.78, 5) is 11.4. The Kier molecular flexibility index (Phi) is 6.26. The summed E-state index contributed by atoms with van der Waals surface area (Å²) in [5.41, 5.74) is 2.14. The van der Waals surface area contributed by atoms with Gasteiger partial charge in [0.05, 0.1) is 6.42 Å². The minimum absolute atomic E-state index is 0.0479. The summed E-state index contributed by atoms with van der Waals surface area (Å²) in [5, 5.41) is 6.13. The fourth-order valence-electron chi connectivity index (χ4n) is 1.94. The predicted molar refractivity (Wildman–Crippen MR) is 76.8 cm³/mol. The van der Waals surface area contributed by atoms with Gasteiger partial charge < -0.3 is 10.6 Å². The number of anilines is 1. The first-order valence-corrected chi connectivity index (χ1v) is 6.73. The molecule has 0 atom stereocenters. The van der Waals surface area contributed by atoms with Crippen LogP contribution in [0.15, 0.2) is 24.3 Å². The number of hydrogen-bond donors (Lipinski definition) is 2. The second-order valence-electron chi connectivity index (χ2n) is 4.57. The molecule has 1 rings (SSSR count). The van der Waals surface area contributed by atoms with E-state index in [0.717, 1.165) is 17.8 Å². The van der Waals surface area contributed by atoms with Gasteiger partial charge in [0.1, 0.15) is 0 Å². The molecule has 18 heavy (non-hydrogen) atoms. The van der Waals surface area contributed by atoms with Crippen molar-refractivity contribution in [3.8, 4) is 0 Å². The van der Waals surface area contributed by atoms with Crippen LogP contribution in [0.25, 0.3) is 0 Å². The highest BCUT2D eigenvalue weighted by atomic mass is 16.1. The Morgan fingerprint density at radius 3 is 2.50 bits per heavy atom. The zero-order chi connectivity index (χ0) is 13.4. The number of rotatable bonds is 7. The standard InChI is InChI=1S/C15H24N2O/c1-4-12(5-2)11-17-14-9-7-6-8-13(14)10-15(18)16-3/h6-9,12,17H,4-5,10-11H2,1-3H3,(H,16,18). The first-order chi connectivity index (χ1) is 8.71. The second-order valence-corrected chi connectivity index (χ2v) is 4.57. The van der Waals surface area contributed by atoms with Crippen molar-refractivity contribution in [2.75, 3.05) is 18.9 Å². The average molecular weight is 248 g/mol. The molecule has 0 unspecified atom stereocenters. The minimum Gasteiger partial charge on any atom is -0.385 e. The molecule has 0 saturated carbocycles. The Morgan fingerprint density at radius 1 is 1.22 bits per heavy atom. The SMILES string of the molecule is CCC(CC)CNc1ccccc1CC(=O)NC. The molecule has 2 N–H and O–H groups in total. The highest BCUT2D eigenvalue weighted by Gasteiger charge is 2.08. The Hall–Kier alpha value is -1.51. The molecule has 100 valence electrons. The number of nitrogens with one attached hydrogen (secondary N) is 2. The highest BCUT2D eigenvalue weighted by molar-refractivity contribution is 5.80. The van der Waals surface area contributed by atoms with Crippen molar-refractivity contribution < 1.29 is 4.79 Å². The van der Waals surface area contributed by atoms with E-state index in [1.54, 1.807) is 7.05 Å². The van der Waals surface area contributed by atoms with E-state index in [1.807, 2.05) is 24.3 Å². The van der Waals surface area contributed by atoms with Crippen LogP contribution in [-0.4, -0.2) is 19.5 Å². The van der Waals surface area contributed by atoms with Gasteiger partial charge in [0, 0.05) is 19.3 Å². The molecule has 0 aliphatic heterocycles. The summed E-state index contributed by atoms with van der Waals surface area (Å²) < 4.78 is 0. The molecule has 0 radical (unpaired) electrons. The molecule has 0 fully saturated rings. The number of carbonyl (C=O) groups is 1. The molecular weight excluding hydrogens is 224 g/mol. The first-order valence-electron chi connectivity index (χ1n) is 6.73. The third kappa shape index (κ3) is 4.40. The van der Waals surface area contributed by atoms with E-state index in [4.69, 9.17) is 0 Å². The molecule has 0 bridgehead atoms. The van der Waals surface area contributed by atoms with Crippen molar-refractivity contribution in [3.63, 3.8) is 0 Å². The molecule has 0 spiro atoms. The molecule has 1 aromatic carbocycles. The van der Waals surface area contributed by atoms with E-state index in [9.17, 15) is 4.79 Å². The van der Waals surface area contributed by atoms with Crippen LogP contribution in [0.3, 0.4) is 0 Å². The highest BCUT2D eigenvalue weighted by Crippen LogP contribution is 2.17. The maximum atomic E-state index is 11.4. The molecule has 1 aromatic rings. The maximum Gasteiger partial charge on any atom is 0.224 e. The van der Waals surface area contributed by atoms with Gasteiger partial charge in [-0.15, -0.1) is 0 Å². The van der Waals surface area contributed by atoms with Crippen LogP contribution in [0.4, 0.5) is 5.69 Å². The summed E-state index contributed by atoms with van der Waals surface area (Å²) in [7, 11) is 1.67. The maximum absolute atomic E-state index is 11.4. The number of para-hydroxylation sites is 1. The van der Waals surface area contributed by atoms with Gasteiger partial charge in [-0.3, -0.25) is 4.79 Å². The van der Waals surface area contributed by atoms with Crippen molar-refractivity contribution in [1.29, 1.82) is 0 Å². The van der Waals surface area contributed by atoms with Crippen LogP contribution >= 0.6 is 0 Å². The van der Waals surface area contributed by atoms with Gasteiger partial charge in [-0.05, 0) is 17.5 Å². The van der Waals surface area contributed by atoms with Gasteiger partial charge in [-0.1, -0.05) is 44.9 Å². The van der Waals surface area contributed by atoms with Gasteiger partial charge in [0.15, 0.2) is 0 Å². The Balaban J connectivity index is 2.67. The third-order valence-corrected chi connectivity index (χ3v) is 3.38. The van der Waals surface area contributed by atoms with Gasteiger partial charge in [0.25, 0.3) is 0 Å². The summed E-state index contributed by atoms with van der Waals surface area (Å²) in [5.74, 6) is 0.741. The number of benzene rings is 1. The molecule has 1 amide bonds. The van der Waals surface area contributed by atoms with Crippen molar-refractivity contribution in [2.24, 2.45) is 5.92 Å². The fraction of sp³-hybridized carbons (Fsp3) is 0.533. The zero-order valence-electron chi connectivity index (χ0n) is 11.6. The van der Waals surface area contributed by atoms with E-state index in [-0.39, 0.29) is 5.91 Å². The van der Waals surface area contributed by atoms with Crippen LogP contribution in [0.2, 0.25) is 0 Å². The van der Waals surface area contributed by atoms with Crippen LogP contribution < -0.4 is 10.6 Å². The van der Waals surface area contributed by atoms with Crippen LogP contribution in [0, 0.1) is 5.92 Å². The van der Waals surface area contributed by atoms with Gasteiger partial charge in [-0.25, -0.2) is 0 Å². The Labute approximate surface area is 110 Å². The Morgan fingerprint density at radius 2 is 1.89 bits per heavy atom.